The maximum absolute atomic E-state index is 9.12. The van der Waals surface area contributed by atoms with Gasteiger partial charge in [-0.25, -0.2) is 0 Å². The molecule has 1 aliphatic rings. The molecule has 112 valence electrons. The number of likely N-dealkylation sites (tertiary alicyclic amines) is 1. The van der Waals surface area contributed by atoms with Gasteiger partial charge < -0.3 is 15.7 Å². The van der Waals surface area contributed by atoms with Crippen LogP contribution in [0.4, 0.5) is 0 Å². The number of piperidine rings is 1. The fourth-order valence-electron chi connectivity index (χ4n) is 3.32. The monoisotopic (exact) mass is 276 g/mol. The third-order valence-corrected chi connectivity index (χ3v) is 4.63. The van der Waals surface area contributed by atoms with Gasteiger partial charge in [-0.1, -0.05) is 37.3 Å². The minimum Gasteiger partial charge on any atom is -0.396 e. The normalized spacial score (nSPS) is 23.4. The average Bonchev–Trinajstić information content (AvgIpc) is 2.49. The summed E-state index contributed by atoms with van der Waals surface area (Å²) in [5.41, 5.74) is 7.42. The second-order valence-corrected chi connectivity index (χ2v) is 6.39. The molecule has 0 amide bonds. The van der Waals surface area contributed by atoms with Crippen molar-refractivity contribution >= 4 is 0 Å². The summed E-state index contributed by atoms with van der Waals surface area (Å²) in [6, 6.07) is 10.6. The highest BCUT2D eigenvalue weighted by Gasteiger charge is 2.30. The Bertz CT molecular complexity index is 393. The third-order valence-electron chi connectivity index (χ3n) is 4.63. The minimum absolute atomic E-state index is 0.0162. The first kappa shape index (κ1) is 15.5. The predicted molar refractivity (Wildman–Crippen MR) is 83.7 cm³/mol. The van der Waals surface area contributed by atoms with Crippen LogP contribution in [0.1, 0.15) is 31.7 Å². The SMILES string of the molecule is CC(CN)(CN1CCCC(CCO)C1)c1ccccc1. The third kappa shape index (κ3) is 3.81. The highest BCUT2D eigenvalue weighted by molar-refractivity contribution is 5.25. The molecule has 0 aromatic heterocycles. The highest BCUT2D eigenvalue weighted by Crippen LogP contribution is 2.27. The van der Waals surface area contributed by atoms with Crippen molar-refractivity contribution in [3.63, 3.8) is 0 Å². The average molecular weight is 276 g/mol. The lowest BCUT2D eigenvalue weighted by atomic mass is 9.81. The van der Waals surface area contributed by atoms with Crippen molar-refractivity contribution in [3.05, 3.63) is 35.9 Å². The topological polar surface area (TPSA) is 49.5 Å². The van der Waals surface area contributed by atoms with E-state index in [9.17, 15) is 0 Å². The van der Waals surface area contributed by atoms with Crippen molar-refractivity contribution in [1.29, 1.82) is 0 Å². The van der Waals surface area contributed by atoms with Crippen LogP contribution in [0, 0.1) is 5.92 Å². The fraction of sp³-hybridized carbons (Fsp3) is 0.647. The molecule has 3 N–H and O–H groups in total. The van der Waals surface area contributed by atoms with Crippen LogP contribution in [0.15, 0.2) is 30.3 Å². The van der Waals surface area contributed by atoms with E-state index >= 15 is 0 Å². The van der Waals surface area contributed by atoms with Gasteiger partial charge >= 0.3 is 0 Å². The van der Waals surface area contributed by atoms with E-state index in [2.05, 4.69) is 42.2 Å². The molecule has 1 aromatic rings. The number of aliphatic hydroxyl groups is 1. The van der Waals surface area contributed by atoms with Crippen LogP contribution in [0.5, 0.6) is 0 Å². The Morgan fingerprint density at radius 3 is 2.75 bits per heavy atom. The summed E-state index contributed by atoms with van der Waals surface area (Å²) in [5.74, 6) is 0.645. The second kappa shape index (κ2) is 7.21. The molecule has 0 radical (unpaired) electrons. The standard InChI is InChI=1S/C17H28N2O/c1-17(13-18,16-7-3-2-4-8-16)14-19-10-5-6-15(12-19)9-11-20/h2-4,7-8,15,20H,5-6,9-14,18H2,1H3. The number of benzene rings is 1. The van der Waals surface area contributed by atoms with Crippen molar-refractivity contribution in [2.24, 2.45) is 11.7 Å². The zero-order valence-electron chi connectivity index (χ0n) is 12.6. The van der Waals surface area contributed by atoms with Gasteiger partial charge in [0.15, 0.2) is 0 Å². The lowest BCUT2D eigenvalue weighted by Crippen LogP contribution is -2.47. The number of aliphatic hydroxyl groups excluding tert-OH is 1. The first-order valence-electron chi connectivity index (χ1n) is 7.77. The van der Waals surface area contributed by atoms with Gasteiger partial charge in [0.2, 0.25) is 0 Å². The molecule has 20 heavy (non-hydrogen) atoms. The van der Waals surface area contributed by atoms with Crippen LogP contribution < -0.4 is 5.73 Å². The fourth-order valence-corrected chi connectivity index (χ4v) is 3.32. The van der Waals surface area contributed by atoms with E-state index in [-0.39, 0.29) is 5.41 Å². The molecule has 2 rings (SSSR count). The van der Waals surface area contributed by atoms with Crippen LogP contribution in [0.25, 0.3) is 0 Å². The van der Waals surface area contributed by atoms with Crippen molar-refractivity contribution < 1.29 is 5.11 Å². The van der Waals surface area contributed by atoms with E-state index in [1.807, 2.05) is 0 Å². The second-order valence-electron chi connectivity index (χ2n) is 6.39. The molecule has 1 fully saturated rings. The van der Waals surface area contributed by atoms with E-state index in [0.29, 0.717) is 19.1 Å². The Morgan fingerprint density at radius 2 is 2.10 bits per heavy atom. The Morgan fingerprint density at radius 1 is 1.35 bits per heavy atom. The Labute approximate surface area is 122 Å². The van der Waals surface area contributed by atoms with Gasteiger partial charge in [0.25, 0.3) is 0 Å². The summed E-state index contributed by atoms with van der Waals surface area (Å²) >= 11 is 0. The molecule has 3 nitrogen and oxygen atoms in total. The summed E-state index contributed by atoms with van der Waals surface area (Å²) in [4.78, 5) is 2.53. The quantitative estimate of drug-likeness (QED) is 0.835. The molecule has 0 spiro atoms. The zero-order valence-corrected chi connectivity index (χ0v) is 12.6. The van der Waals surface area contributed by atoms with Gasteiger partial charge in [-0.2, -0.15) is 0 Å². The van der Waals surface area contributed by atoms with Gasteiger partial charge in [0, 0.05) is 31.7 Å². The van der Waals surface area contributed by atoms with E-state index in [0.717, 1.165) is 26.1 Å². The molecule has 1 aromatic carbocycles. The Kier molecular flexibility index (Phi) is 5.58. The van der Waals surface area contributed by atoms with Gasteiger partial charge in [-0.3, -0.25) is 0 Å². The maximum atomic E-state index is 9.12. The first-order valence-corrected chi connectivity index (χ1v) is 7.77. The number of hydrogen-bond donors (Lipinski definition) is 2. The lowest BCUT2D eigenvalue weighted by molar-refractivity contribution is 0.126. The molecule has 0 bridgehead atoms. The van der Waals surface area contributed by atoms with Gasteiger partial charge in [-0.15, -0.1) is 0 Å². The molecular formula is C17H28N2O. The summed E-state index contributed by atoms with van der Waals surface area (Å²) in [5, 5.41) is 9.12. The number of nitrogens with zero attached hydrogens (tertiary/aromatic N) is 1. The van der Waals surface area contributed by atoms with Crippen molar-refractivity contribution in [1.82, 2.24) is 4.90 Å². The van der Waals surface area contributed by atoms with Gasteiger partial charge in [-0.05, 0) is 37.3 Å². The van der Waals surface area contributed by atoms with Crippen LogP contribution in [-0.2, 0) is 5.41 Å². The summed E-state index contributed by atoms with van der Waals surface area (Å²) < 4.78 is 0. The zero-order chi connectivity index (χ0) is 14.4. The lowest BCUT2D eigenvalue weighted by Gasteiger charge is -2.39. The van der Waals surface area contributed by atoms with Crippen molar-refractivity contribution in [3.8, 4) is 0 Å². The smallest absolute Gasteiger partial charge is 0.0434 e. The molecule has 2 atom stereocenters. The van der Waals surface area contributed by atoms with E-state index in [1.165, 1.54) is 18.4 Å². The molecule has 1 saturated heterocycles. The molecule has 3 heteroatoms. The molecule has 1 aliphatic heterocycles. The summed E-state index contributed by atoms with van der Waals surface area (Å²) in [6.07, 6.45) is 3.42. The Hall–Kier alpha value is -0.900. The number of rotatable bonds is 6. The molecule has 2 unspecified atom stereocenters. The molecule has 1 heterocycles. The van der Waals surface area contributed by atoms with Crippen molar-refractivity contribution in [2.75, 3.05) is 32.8 Å². The van der Waals surface area contributed by atoms with Crippen LogP contribution >= 0.6 is 0 Å². The van der Waals surface area contributed by atoms with E-state index in [1.54, 1.807) is 0 Å². The first-order chi connectivity index (χ1) is 9.68. The highest BCUT2D eigenvalue weighted by atomic mass is 16.3. The minimum atomic E-state index is 0.0162. The van der Waals surface area contributed by atoms with Crippen LogP contribution in [-0.4, -0.2) is 42.8 Å². The van der Waals surface area contributed by atoms with Gasteiger partial charge in [0.1, 0.15) is 0 Å². The molecular weight excluding hydrogens is 248 g/mol. The molecule has 0 aliphatic carbocycles. The molecule has 0 saturated carbocycles. The Balaban J connectivity index is 2.02. The predicted octanol–water partition coefficient (Wildman–Crippen LogP) is 2.00. The number of nitrogens with two attached hydrogens (primary N) is 1. The maximum Gasteiger partial charge on any atom is 0.0434 e. The van der Waals surface area contributed by atoms with E-state index < -0.39 is 0 Å². The van der Waals surface area contributed by atoms with E-state index in [4.69, 9.17) is 10.8 Å². The van der Waals surface area contributed by atoms with Crippen LogP contribution in [0.2, 0.25) is 0 Å². The largest absolute Gasteiger partial charge is 0.396 e. The number of hydrogen-bond acceptors (Lipinski definition) is 3. The van der Waals surface area contributed by atoms with Gasteiger partial charge in [0.05, 0.1) is 0 Å². The summed E-state index contributed by atoms with van der Waals surface area (Å²) in [7, 11) is 0. The van der Waals surface area contributed by atoms with Crippen LogP contribution in [0.3, 0.4) is 0 Å². The summed E-state index contributed by atoms with van der Waals surface area (Å²) in [6.45, 7) is 6.50. The van der Waals surface area contributed by atoms with Crippen molar-refractivity contribution in [2.45, 2.75) is 31.6 Å².